The van der Waals surface area contributed by atoms with Crippen LogP contribution in [0.25, 0.3) is 0 Å². The molecule has 5 aliphatic rings. The molecule has 48 heavy (non-hydrogen) atoms. The van der Waals surface area contributed by atoms with Crippen LogP contribution >= 0.6 is 0 Å². The van der Waals surface area contributed by atoms with Gasteiger partial charge >= 0.3 is 11.7 Å². The first kappa shape index (κ1) is 35.3. The highest BCUT2D eigenvalue weighted by atomic mass is 16.5. The fourth-order valence-electron chi connectivity index (χ4n) is 10.8. The Morgan fingerprint density at radius 3 is 2.62 bits per heavy atom. The first-order valence-electron chi connectivity index (χ1n) is 17.8. The lowest BCUT2D eigenvalue weighted by molar-refractivity contribution is -0.207. The molecule has 0 amide bonds. The second kappa shape index (κ2) is 13.6. The van der Waals surface area contributed by atoms with Crippen LogP contribution in [0.2, 0.25) is 0 Å². The molecule has 1 aromatic heterocycles. The number of nitrogens with two attached hydrogens (primary N) is 1. The molecule has 12 heteroatoms. The molecular formula is C36H53N3O9. The molecule has 5 fully saturated rings. The smallest absolute Gasteiger partial charge is 0.351 e. The van der Waals surface area contributed by atoms with Crippen LogP contribution in [0.1, 0.15) is 96.8 Å². The van der Waals surface area contributed by atoms with Crippen LogP contribution in [0.3, 0.4) is 0 Å². The number of carbonyl (C=O) groups is 1. The van der Waals surface area contributed by atoms with E-state index in [9.17, 15) is 35.1 Å². The number of aliphatic hydroxyl groups excluding tert-OH is 5. The van der Waals surface area contributed by atoms with Crippen LogP contribution in [-0.2, 0) is 14.3 Å². The van der Waals surface area contributed by atoms with Gasteiger partial charge in [0.25, 0.3) is 0 Å². The Kier molecular flexibility index (Phi) is 10.0. The molecule has 4 aliphatic carbocycles. The van der Waals surface area contributed by atoms with Crippen LogP contribution < -0.4 is 11.4 Å². The summed E-state index contributed by atoms with van der Waals surface area (Å²) >= 11 is 0. The Morgan fingerprint density at radius 2 is 1.90 bits per heavy atom. The summed E-state index contributed by atoms with van der Waals surface area (Å²) in [6.07, 6.45) is 4.39. The van der Waals surface area contributed by atoms with Gasteiger partial charge in [-0.25, -0.2) is 4.79 Å². The van der Waals surface area contributed by atoms with E-state index in [4.69, 9.17) is 15.2 Å². The third-order valence-corrected chi connectivity index (χ3v) is 13.5. The summed E-state index contributed by atoms with van der Waals surface area (Å²) in [5, 5.41) is 53.0. The number of fused-ring (bicyclic) bond motifs is 5. The highest BCUT2D eigenvalue weighted by Crippen LogP contribution is 2.68. The maximum atomic E-state index is 12.7. The van der Waals surface area contributed by atoms with Crippen molar-refractivity contribution in [3.05, 3.63) is 22.2 Å². The summed E-state index contributed by atoms with van der Waals surface area (Å²) in [7, 11) is 0. The fourth-order valence-corrected chi connectivity index (χ4v) is 10.8. The summed E-state index contributed by atoms with van der Waals surface area (Å²) in [6, 6.07) is 0. The van der Waals surface area contributed by atoms with E-state index in [1.54, 1.807) is 0 Å². The van der Waals surface area contributed by atoms with Crippen LogP contribution in [0, 0.1) is 58.2 Å². The van der Waals surface area contributed by atoms with Gasteiger partial charge in [-0.05, 0) is 97.7 Å². The first-order chi connectivity index (χ1) is 22.8. The Balaban J connectivity index is 1.04. The molecule has 0 radical (unpaired) electrons. The number of aromatic nitrogens is 2. The number of esters is 1. The lowest BCUT2D eigenvalue weighted by atomic mass is 9.43. The van der Waals surface area contributed by atoms with E-state index in [-0.39, 0.29) is 95.8 Å². The Morgan fingerprint density at radius 1 is 1.12 bits per heavy atom. The Labute approximate surface area is 282 Å². The molecule has 2 heterocycles. The van der Waals surface area contributed by atoms with Crippen molar-refractivity contribution in [3.8, 4) is 11.8 Å². The second-order valence-electron chi connectivity index (χ2n) is 15.8. The molecular weight excluding hydrogens is 618 g/mol. The number of aliphatic hydroxyl groups is 5. The number of rotatable bonds is 7. The molecule has 6 rings (SSSR count). The molecule has 0 aromatic carbocycles. The van der Waals surface area contributed by atoms with E-state index in [0.717, 1.165) is 38.5 Å². The van der Waals surface area contributed by atoms with Crippen LogP contribution in [0.4, 0.5) is 5.82 Å². The highest BCUT2D eigenvalue weighted by molar-refractivity contribution is 5.69. The van der Waals surface area contributed by atoms with Gasteiger partial charge in [0.1, 0.15) is 18.1 Å². The number of hydrogen-bond acceptors (Lipinski definition) is 11. The molecule has 0 spiro atoms. The molecule has 0 unspecified atom stereocenters. The Bertz CT molecular complexity index is 1470. The van der Waals surface area contributed by atoms with E-state index in [1.165, 1.54) is 10.8 Å². The summed E-state index contributed by atoms with van der Waals surface area (Å²) in [5.41, 5.74) is 5.17. The molecule has 4 saturated carbocycles. The summed E-state index contributed by atoms with van der Waals surface area (Å²) < 4.78 is 12.1. The molecule has 266 valence electrons. The molecule has 7 N–H and O–H groups in total. The maximum Gasteiger partial charge on any atom is 0.351 e. The molecule has 14 atom stereocenters. The maximum absolute atomic E-state index is 12.7. The van der Waals surface area contributed by atoms with Gasteiger partial charge in [0.15, 0.2) is 6.61 Å². The highest BCUT2D eigenvalue weighted by Gasteiger charge is 2.65. The number of hydrogen-bond donors (Lipinski definition) is 6. The minimum atomic E-state index is -0.923. The lowest BCUT2D eigenvalue weighted by Gasteiger charge is -2.63. The SMILES string of the molecule is C[C@H](CCC(=O)OCC#Cc1cn([C@H]2C[C@H](O)[C@@H](CO)O2)c(=O)nc1N)[C@H]1CC[C@H]2[C@@H]3[C@H](O)C[C@@H]4C[C@H](O)CC[C@]4(C)[C@H]3C[C@H](O)[C@]12C. The van der Waals surface area contributed by atoms with Gasteiger partial charge in [-0.3, -0.25) is 9.36 Å². The molecule has 1 aliphatic heterocycles. The van der Waals surface area contributed by atoms with Gasteiger partial charge < -0.3 is 40.7 Å². The zero-order chi connectivity index (χ0) is 34.5. The number of nitrogen functional groups attached to an aromatic ring is 1. The number of ether oxygens (including phenoxy) is 2. The first-order valence-corrected chi connectivity index (χ1v) is 17.8. The Hall–Kier alpha value is -2.53. The third-order valence-electron chi connectivity index (χ3n) is 13.5. The summed E-state index contributed by atoms with van der Waals surface area (Å²) in [6.45, 7) is 6.15. The van der Waals surface area contributed by atoms with Gasteiger partial charge in [0.2, 0.25) is 0 Å². The number of carbonyl (C=O) groups excluding carboxylic acids is 1. The zero-order valence-corrected chi connectivity index (χ0v) is 28.3. The third kappa shape index (κ3) is 6.20. The van der Waals surface area contributed by atoms with Gasteiger partial charge in [-0.1, -0.05) is 32.6 Å². The average molecular weight is 672 g/mol. The van der Waals surface area contributed by atoms with E-state index in [0.29, 0.717) is 12.8 Å². The van der Waals surface area contributed by atoms with Gasteiger partial charge in [0, 0.05) is 19.0 Å². The van der Waals surface area contributed by atoms with Crippen molar-refractivity contribution in [2.45, 2.75) is 122 Å². The zero-order valence-electron chi connectivity index (χ0n) is 28.3. The fraction of sp³-hybridized carbons (Fsp3) is 0.806. The van der Waals surface area contributed by atoms with Gasteiger partial charge in [0.05, 0.1) is 36.6 Å². The van der Waals surface area contributed by atoms with Gasteiger partial charge in [-0.15, -0.1) is 0 Å². The van der Waals surface area contributed by atoms with Crippen molar-refractivity contribution in [2.75, 3.05) is 18.9 Å². The topological polar surface area (TPSA) is 198 Å². The summed E-state index contributed by atoms with van der Waals surface area (Å²) in [4.78, 5) is 28.9. The van der Waals surface area contributed by atoms with Crippen molar-refractivity contribution in [2.24, 2.45) is 46.3 Å². The van der Waals surface area contributed by atoms with E-state index in [1.807, 2.05) is 0 Å². The molecule has 1 aromatic rings. The lowest BCUT2D eigenvalue weighted by Crippen LogP contribution is -2.62. The minimum absolute atomic E-state index is 0.0303. The van der Waals surface area contributed by atoms with Crippen molar-refractivity contribution in [1.29, 1.82) is 0 Å². The molecule has 1 saturated heterocycles. The van der Waals surface area contributed by atoms with Crippen LogP contribution in [-0.4, -0.2) is 84.8 Å². The molecule has 12 nitrogen and oxygen atoms in total. The average Bonchev–Trinajstić information content (AvgIpc) is 3.60. The van der Waals surface area contributed by atoms with E-state index >= 15 is 0 Å². The van der Waals surface area contributed by atoms with E-state index in [2.05, 4.69) is 37.6 Å². The number of nitrogens with zero attached hydrogens (tertiary/aromatic N) is 2. The quantitative estimate of drug-likeness (QED) is 0.182. The largest absolute Gasteiger partial charge is 0.452 e. The number of anilines is 1. The minimum Gasteiger partial charge on any atom is -0.452 e. The van der Waals surface area contributed by atoms with Crippen molar-refractivity contribution in [3.63, 3.8) is 0 Å². The van der Waals surface area contributed by atoms with Crippen molar-refractivity contribution in [1.82, 2.24) is 9.55 Å². The summed E-state index contributed by atoms with van der Waals surface area (Å²) in [5.74, 6) is 6.39. The monoisotopic (exact) mass is 671 g/mol. The van der Waals surface area contributed by atoms with Crippen molar-refractivity contribution < 1.29 is 39.8 Å². The molecule has 0 bridgehead atoms. The standard InChI is InChI=1S/C36H53N3O9/c1-19(6-9-31(45)47-12-4-5-20-17-39(34(46)38-33(20)37)30-16-26(42)28(18-40)48-30)23-7-8-24-32-25(15-29(44)36(23,24)3)35(2)11-10-22(41)13-21(35)14-27(32)43/h17,19,21-30,32,40-44H,6-16,18H2,1-3H3,(H2,37,38,46)/t19-,21+,22-,23-,24+,25+,26+,27-,28-,29+,30-,32+,35+,36-/m1/s1. The normalized spacial score (nSPS) is 42.5. The van der Waals surface area contributed by atoms with Crippen molar-refractivity contribution >= 4 is 11.8 Å². The second-order valence-corrected chi connectivity index (χ2v) is 15.8. The van der Waals surface area contributed by atoms with E-state index < -0.39 is 36.3 Å². The predicted octanol–water partition coefficient (Wildman–Crippen LogP) is 1.74. The van der Waals surface area contributed by atoms with Crippen LogP contribution in [0.5, 0.6) is 0 Å². The predicted molar refractivity (Wildman–Crippen MR) is 175 cm³/mol. The van der Waals surface area contributed by atoms with Crippen LogP contribution in [0.15, 0.2) is 11.0 Å². The van der Waals surface area contributed by atoms with Gasteiger partial charge in [-0.2, -0.15) is 4.98 Å².